The van der Waals surface area contributed by atoms with Crippen LogP contribution in [0.2, 0.25) is 0 Å². The Hall–Kier alpha value is -1.11. The molecule has 0 saturated heterocycles. The van der Waals surface area contributed by atoms with Crippen LogP contribution in [0.15, 0.2) is 0 Å². The second-order valence-electron chi connectivity index (χ2n) is 13.2. The smallest absolute Gasteiger partial charge is 0.226 e. The quantitative estimate of drug-likeness (QED) is 0.430. The Balaban J connectivity index is 1.21. The number of carbonyl (C=O) groups is 2. The van der Waals surface area contributed by atoms with E-state index in [2.05, 4.69) is 37.9 Å². The lowest BCUT2D eigenvalue weighted by Crippen LogP contribution is -2.51. The van der Waals surface area contributed by atoms with Gasteiger partial charge in [-0.05, 0) is 101 Å². The molecule has 0 aromatic heterocycles. The molecule has 0 aromatic carbocycles. The van der Waals surface area contributed by atoms with Crippen molar-refractivity contribution >= 4 is 21.7 Å². The summed E-state index contributed by atoms with van der Waals surface area (Å²) in [4.78, 5) is 28.7. The lowest BCUT2D eigenvalue weighted by Gasteiger charge is -2.44. The van der Waals surface area contributed by atoms with E-state index in [0.29, 0.717) is 60.6 Å². The first-order valence-electron chi connectivity index (χ1n) is 15.4. The van der Waals surface area contributed by atoms with Crippen molar-refractivity contribution in [3.63, 3.8) is 0 Å². The van der Waals surface area contributed by atoms with Crippen LogP contribution in [0.1, 0.15) is 111 Å². The highest BCUT2D eigenvalue weighted by atomic mass is 32.2. The Labute approximate surface area is 226 Å². The minimum absolute atomic E-state index is 0.0606. The number of rotatable bonds is 9. The molecule has 0 heterocycles. The number of hydrogen-bond acceptors (Lipinski definition) is 4. The highest BCUT2D eigenvalue weighted by Crippen LogP contribution is 2.38. The molecule has 212 valence electrons. The van der Waals surface area contributed by atoms with Gasteiger partial charge in [0.15, 0.2) is 9.84 Å². The second-order valence-corrected chi connectivity index (χ2v) is 15.6. The molecule has 6 atom stereocenters. The third-order valence-corrected chi connectivity index (χ3v) is 12.9. The zero-order valence-electron chi connectivity index (χ0n) is 23.8. The van der Waals surface area contributed by atoms with E-state index in [1.165, 1.54) is 12.8 Å². The molecular formula is C30H52N2O4S. The van der Waals surface area contributed by atoms with Gasteiger partial charge < -0.3 is 10.2 Å². The average molecular weight is 537 g/mol. The van der Waals surface area contributed by atoms with Gasteiger partial charge in [0.05, 0.1) is 11.0 Å². The molecule has 0 aromatic rings. The largest absolute Gasteiger partial charge is 0.353 e. The molecule has 0 bridgehead atoms. The number of sulfone groups is 1. The second kappa shape index (κ2) is 12.4. The van der Waals surface area contributed by atoms with E-state index >= 15 is 0 Å². The highest BCUT2D eigenvalue weighted by Gasteiger charge is 2.40. The summed E-state index contributed by atoms with van der Waals surface area (Å²) >= 11 is 0. The van der Waals surface area contributed by atoms with Gasteiger partial charge in [0.2, 0.25) is 11.8 Å². The van der Waals surface area contributed by atoms with Gasteiger partial charge in [-0.3, -0.25) is 9.59 Å². The lowest BCUT2D eigenvalue weighted by molar-refractivity contribution is -0.143. The van der Waals surface area contributed by atoms with Crippen molar-refractivity contribution in [3.05, 3.63) is 0 Å². The summed E-state index contributed by atoms with van der Waals surface area (Å²) in [5.41, 5.74) is 0. The SMILES string of the molecule is CCN(C(=O)C1CCC(NC(=O)CC2CCC(S(=O)(=O)CC3CC3)CC2)CC1C)C1CCCC(C)C1C. The van der Waals surface area contributed by atoms with Crippen LogP contribution >= 0.6 is 0 Å². The topological polar surface area (TPSA) is 83.6 Å². The van der Waals surface area contributed by atoms with Gasteiger partial charge in [0.25, 0.3) is 0 Å². The maximum atomic E-state index is 13.6. The maximum Gasteiger partial charge on any atom is 0.226 e. The predicted octanol–water partition coefficient (Wildman–Crippen LogP) is 5.35. The van der Waals surface area contributed by atoms with Crippen LogP contribution in [0.25, 0.3) is 0 Å². The lowest BCUT2D eigenvalue weighted by atomic mass is 9.74. The van der Waals surface area contributed by atoms with Crippen molar-refractivity contribution in [2.75, 3.05) is 12.3 Å². The molecule has 0 spiro atoms. The van der Waals surface area contributed by atoms with Crippen molar-refractivity contribution in [2.24, 2.45) is 35.5 Å². The Morgan fingerprint density at radius 3 is 2.14 bits per heavy atom. The molecule has 6 unspecified atom stereocenters. The normalized spacial score (nSPS) is 37.1. The van der Waals surface area contributed by atoms with Crippen LogP contribution in [0.4, 0.5) is 0 Å². The van der Waals surface area contributed by atoms with E-state index in [1.807, 2.05) is 0 Å². The molecule has 4 rings (SSSR count). The van der Waals surface area contributed by atoms with Crippen LogP contribution < -0.4 is 5.32 Å². The van der Waals surface area contributed by atoms with Crippen molar-refractivity contribution in [2.45, 2.75) is 128 Å². The maximum absolute atomic E-state index is 13.6. The fourth-order valence-electron chi connectivity index (χ4n) is 7.65. The van der Waals surface area contributed by atoms with Crippen LogP contribution in [0.5, 0.6) is 0 Å². The molecule has 6 nitrogen and oxygen atoms in total. The molecule has 4 fully saturated rings. The highest BCUT2D eigenvalue weighted by molar-refractivity contribution is 7.92. The Morgan fingerprint density at radius 2 is 1.51 bits per heavy atom. The van der Waals surface area contributed by atoms with Gasteiger partial charge in [0.1, 0.15) is 0 Å². The standard InChI is InChI=1S/C30H52N2O4S/c1-5-32(28-8-6-7-20(2)22(28)4)30(34)27-16-13-25(17-21(27)3)31-29(33)18-23-11-14-26(15-12-23)37(35,36)19-24-9-10-24/h20-28H,5-19H2,1-4H3,(H,31,33). The van der Waals surface area contributed by atoms with Crippen molar-refractivity contribution < 1.29 is 18.0 Å². The van der Waals surface area contributed by atoms with Gasteiger partial charge in [-0.1, -0.05) is 33.6 Å². The molecule has 1 N–H and O–H groups in total. The molecule has 4 aliphatic rings. The third-order valence-electron chi connectivity index (χ3n) is 10.5. The summed E-state index contributed by atoms with van der Waals surface area (Å²) in [6, 6.07) is 0.509. The van der Waals surface area contributed by atoms with Crippen LogP contribution in [0.3, 0.4) is 0 Å². The first-order chi connectivity index (χ1) is 17.6. The molecule has 7 heteroatoms. The minimum atomic E-state index is -2.97. The molecule has 4 aliphatic carbocycles. The zero-order valence-corrected chi connectivity index (χ0v) is 24.6. The van der Waals surface area contributed by atoms with E-state index < -0.39 is 9.84 Å². The molecule has 0 radical (unpaired) electrons. The molecule has 0 aliphatic heterocycles. The van der Waals surface area contributed by atoms with Crippen LogP contribution in [-0.2, 0) is 19.4 Å². The molecule has 2 amide bonds. The van der Waals surface area contributed by atoms with E-state index in [0.717, 1.165) is 57.9 Å². The Morgan fingerprint density at radius 1 is 0.838 bits per heavy atom. The van der Waals surface area contributed by atoms with Gasteiger partial charge in [-0.25, -0.2) is 8.42 Å². The fraction of sp³-hybridized carbons (Fsp3) is 0.933. The van der Waals surface area contributed by atoms with Gasteiger partial charge in [-0.15, -0.1) is 0 Å². The van der Waals surface area contributed by atoms with Crippen molar-refractivity contribution in [3.8, 4) is 0 Å². The van der Waals surface area contributed by atoms with Crippen LogP contribution in [0, 0.1) is 35.5 Å². The fourth-order valence-corrected chi connectivity index (χ4v) is 9.90. The summed E-state index contributed by atoms with van der Waals surface area (Å²) in [5.74, 6) is 3.07. The number of amides is 2. The van der Waals surface area contributed by atoms with Gasteiger partial charge in [0, 0.05) is 31.0 Å². The Kier molecular flexibility index (Phi) is 9.67. The predicted molar refractivity (Wildman–Crippen MR) is 149 cm³/mol. The summed E-state index contributed by atoms with van der Waals surface area (Å²) in [6.07, 6.45) is 11.9. The third kappa shape index (κ3) is 7.30. The monoisotopic (exact) mass is 536 g/mol. The summed E-state index contributed by atoms with van der Waals surface area (Å²) in [5, 5.41) is 3.08. The molecular weight excluding hydrogens is 484 g/mol. The average Bonchev–Trinajstić information content (AvgIpc) is 3.66. The minimum Gasteiger partial charge on any atom is -0.353 e. The summed E-state index contributed by atoms with van der Waals surface area (Å²) in [6.45, 7) is 9.74. The van der Waals surface area contributed by atoms with E-state index in [9.17, 15) is 18.0 Å². The van der Waals surface area contributed by atoms with Crippen molar-refractivity contribution in [1.29, 1.82) is 0 Å². The number of carbonyl (C=O) groups excluding carboxylic acids is 2. The van der Waals surface area contributed by atoms with Crippen molar-refractivity contribution in [1.82, 2.24) is 10.2 Å². The first kappa shape index (κ1) is 28.9. The molecule has 4 saturated carbocycles. The van der Waals surface area contributed by atoms with Gasteiger partial charge in [-0.2, -0.15) is 0 Å². The van der Waals surface area contributed by atoms with E-state index in [4.69, 9.17) is 0 Å². The van der Waals surface area contributed by atoms with E-state index in [-0.39, 0.29) is 29.0 Å². The molecule has 37 heavy (non-hydrogen) atoms. The zero-order chi connectivity index (χ0) is 26.7. The van der Waals surface area contributed by atoms with Crippen LogP contribution in [-0.4, -0.2) is 54.8 Å². The first-order valence-corrected chi connectivity index (χ1v) is 17.1. The summed E-state index contributed by atoms with van der Waals surface area (Å²) in [7, 11) is -2.97. The number of nitrogens with one attached hydrogen (secondary N) is 1. The summed E-state index contributed by atoms with van der Waals surface area (Å²) < 4.78 is 25.2. The Bertz CT molecular complexity index is 893. The van der Waals surface area contributed by atoms with Gasteiger partial charge >= 0.3 is 0 Å². The van der Waals surface area contributed by atoms with E-state index in [1.54, 1.807) is 0 Å². The number of hydrogen-bond donors (Lipinski definition) is 1. The number of nitrogens with zero attached hydrogens (tertiary/aromatic N) is 1.